The number of nitrogens with one attached hydrogen (secondary N) is 1. The molecule has 0 atom stereocenters. The molecule has 3 aromatic carbocycles. The van der Waals surface area contributed by atoms with Crippen LogP contribution in [0.5, 0.6) is 23.0 Å². The molecule has 3 rings (SSSR count). The first-order valence-electron chi connectivity index (χ1n) is 10.1. The first-order chi connectivity index (χ1) is 14.2. The lowest BCUT2D eigenvalue weighted by atomic mass is 10.1. The number of aryl methyl sites for hydroxylation is 2. The maximum Gasteiger partial charge on any atom is 0.176 e. The topological polar surface area (TPSA) is 47.6 Å². The van der Waals surface area contributed by atoms with Crippen molar-refractivity contribution in [3.05, 3.63) is 83.4 Å². The monoisotopic (exact) mass is 439 g/mol. The summed E-state index contributed by atoms with van der Waals surface area (Å²) in [5.74, 6) is 2.45. The van der Waals surface area contributed by atoms with Gasteiger partial charge in [-0.3, -0.25) is 4.79 Å². The van der Waals surface area contributed by atoms with Crippen LogP contribution in [0.25, 0.3) is 0 Å². The van der Waals surface area contributed by atoms with Gasteiger partial charge in [-0.15, -0.1) is 12.4 Å². The number of ether oxygens (including phenoxy) is 2. The number of ketones is 1. The van der Waals surface area contributed by atoms with E-state index < -0.39 is 0 Å². The smallest absolute Gasteiger partial charge is 0.176 e. The zero-order valence-corrected chi connectivity index (χ0v) is 19.5. The SMILES string of the molecule is Cc1ccc(Oc2ccc(C(=O)CNC(C)(C)C)cc2Oc2ccc(C)cc2)cc1.Cl. The van der Waals surface area contributed by atoms with Crippen LogP contribution < -0.4 is 14.8 Å². The fourth-order valence-corrected chi connectivity index (χ4v) is 2.76. The molecule has 0 aliphatic carbocycles. The molecule has 31 heavy (non-hydrogen) atoms. The fraction of sp³-hybridized carbons (Fsp3) is 0.269. The first-order valence-corrected chi connectivity index (χ1v) is 10.1. The Morgan fingerprint density at radius 1 is 0.774 bits per heavy atom. The number of Topliss-reactive ketones (excluding diaryl/α,β-unsaturated/α-hetero) is 1. The quantitative estimate of drug-likeness (QED) is 0.407. The highest BCUT2D eigenvalue weighted by molar-refractivity contribution is 5.98. The summed E-state index contributed by atoms with van der Waals surface area (Å²) in [6.07, 6.45) is 0. The van der Waals surface area contributed by atoms with Crippen molar-refractivity contribution in [2.24, 2.45) is 0 Å². The van der Waals surface area contributed by atoms with Gasteiger partial charge in [0.1, 0.15) is 11.5 Å². The highest BCUT2D eigenvalue weighted by atomic mass is 35.5. The van der Waals surface area contributed by atoms with Gasteiger partial charge in [0.2, 0.25) is 0 Å². The summed E-state index contributed by atoms with van der Waals surface area (Å²) >= 11 is 0. The summed E-state index contributed by atoms with van der Waals surface area (Å²) in [5.41, 5.74) is 2.75. The zero-order chi connectivity index (χ0) is 21.7. The van der Waals surface area contributed by atoms with Gasteiger partial charge in [-0.1, -0.05) is 35.4 Å². The van der Waals surface area contributed by atoms with Crippen molar-refractivity contribution in [2.45, 2.75) is 40.2 Å². The second-order valence-corrected chi connectivity index (χ2v) is 8.52. The molecule has 0 aliphatic heterocycles. The van der Waals surface area contributed by atoms with Crippen LogP contribution >= 0.6 is 12.4 Å². The van der Waals surface area contributed by atoms with E-state index in [1.54, 1.807) is 18.2 Å². The van der Waals surface area contributed by atoms with E-state index in [0.29, 0.717) is 28.6 Å². The average Bonchev–Trinajstić information content (AvgIpc) is 2.70. The largest absolute Gasteiger partial charge is 0.453 e. The lowest BCUT2D eigenvalue weighted by Gasteiger charge is -2.20. The van der Waals surface area contributed by atoms with E-state index in [1.807, 2.05) is 83.1 Å². The van der Waals surface area contributed by atoms with Crippen LogP contribution in [-0.2, 0) is 0 Å². The van der Waals surface area contributed by atoms with E-state index in [0.717, 1.165) is 11.1 Å². The van der Waals surface area contributed by atoms with Crippen molar-refractivity contribution in [1.29, 1.82) is 0 Å². The molecule has 0 unspecified atom stereocenters. The highest BCUT2D eigenvalue weighted by Gasteiger charge is 2.16. The van der Waals surface area contributed by atoms with Gasteiger partial charge in [-0.05, 0) is 77.1 Å². The van der Waals surface area contributed by atoms with Gasteiger partial charge in [0, 0.05) is 11.1 Å². The third-order valence-corrected chi connectivity index (χ3v) is 4.54. The summed E-state index contributed by atoms with van der Waals surface area (Å²) in [7, 11) is 0. The van der Waals surface area contributed by atoms with Crippen molar-refractivity contribution in [3.8, 4) is 23.0 Å². The van der Waals surface area contributed by atoms with Gasteiger partial charge in [-0.25, -0.2) is 0 Å². The van der Waals surface area contributed by atoms with Gasteiger partial charge in [0.25, 0.3) is 0 Å². The summed E-state index contributed by atoms with van der Waals surface area (Å²) in [6, 6.07) is 20.9. The van der Waals surface area contributed by atoms with Crippen LogP contribution in [0.4, 0.5) is 0 Å². The highest BCUT2D eigenvalue weighted by Crippen LogP contribution is 2.36. The van der Waals surface area contributed by atoms with Crippen molar-refractivity contribution in [1.82, 2.24) is 5.32 Å². The lowest BCUT2D eigenvalue weighted by molar-refractivity contribution is 0.0981. The molecule has 0 spiro atoms. The first kappa shape index (κ1) is 24.4. The second kappa shape index (κ2) is 10.5. The van der Waals surface area contributed by atoms with Gasteiger partial charge in [0.15, 0.2) is 17.3 Å². The molecule has 0 radical (unpaired) electrons. The molecule has 0 heterocycles. The van der Waals surface area contributed by atoms with Gasteiger partial charge < -0.3 is 14.8 Å². The van der Waals surface area contributed by atoms with Crippen LogP contribution in [0, 0.1) is 13.8 Å². The van der Waals surface area contributed by atoms with Crippen LogP contribution in [0.2, 0.25) is 0 Å². The maximum absolute atomic E-state index is 12.7. The Hall–Kier alpha value is -2.82. The molecule has 0 amide bonds. The Morgan fingerprint density at radius 3 is 1.74 bits per heavy atom. The Bertz CT molecular complexity index is 1010. The lowest BCUT2D eigenvalue weighted by Crippen LogP contribution is -2.39. The molecule has 0 aromatic heterocycles. The minimum Gasteiger partial charge on any atom is -0.453 e. The third kappa shape index (κ3) is 7.42. The Kier molecular flexibility index (Phi) is 8.26. The molecular formula is C26H30ClNO3. The summed E-state index contributed by atoms with van der Waals surface area (Å²) < 4.78 is 12.2. The van der Waals surface area contributed by atoms with Gasteiger partial charge in [-0.2, -0.15) is 0 Å². The molecule has 1 N–H and O–H groups in total. The summed E-state index contributed by atoms with van der Waals surface area (Å²) in [5, 5.41) is 3.23. The number of carbonyl (C=O) groups excluding carboxylic acids is 1. The number of halogens is 1. The van der Waals surface area contributed by atoms with E-state index in [9.17, 15) is 4.79 Å². The normalized spacial score (nSPS) is 10.9. The summed E-state index contributed by atoms with van der Waals surface area (Å²) in [6.45, 7) is 10.4. The molecule has 0 aliphatic rings. The molecular weight excluding hydrogens is 410 g/mol. The Labute approximate surface area is 191 Å². The van der Waals surface area contributed by atoms with E-state index in [-0.39, 0.29) is 30.3 Å². The molecule has 4 nitrogen and oxygen atoms in total. The fourth-order valence-electron chi connectivity index (χ4n) is 2.76. The van der Waals surface area contributed by atoms with Crippen molar-refractivity contribution < 1.29 is 14.3 Å². The Morgan fingerprint density at radius 2 is 1.26 bits per heavy atom. The predicted molar refractivity (Wildman–Crippen MR) is 128 cm³/mol. The van der Waals surface area contributed by atoms with Gasteiger partial charge in [0.05, 0.1) is 6.54 Å². The molecule has 0 saturated carbocycles. The minimum atomic E-state index is -0.134. The van der Waals surface area contributed by atoms with Crippen LogP contribution in [-0.4, -0.2) is 17.9 Å². The predicted octanol–water partition coefficient (Wildman–Crippen LogP) is 6.88. The number of hydrogen-bond acceptors (Lipinski definition) is 4. The standard InChI is InChI=1S/C26H29NO3.ClH/c1-18-6-11-21(12-7-18)29-24-15-10-20(23(28)17-27-26(3,4)5)16-25(24)30-22-13-8-19(2)9-14-22;/h6-16,27H,17H2,1-5H3;1H. The molecule has 0 bridgehead atoms. The van der Waals surface area contributed by atoms with Crippen molar-refractivity contribution >= 4 is 18.2 Å². The van der Waals surface area contributed by atoms with E-state index >= 15 is 0 Å². The number of carbonyl (C=O) groups is 1. The van der Waals surface area contributed by atoms with E-state index in [4.69, 9.17) is 9.47 Å². The van der Waals surface area contributed by atoms with E-state index in [1.165, 1.54) is 0 Å². The van der Waals surface area contributed by atoms with E-state index in [2.05, 4.69) is 5.32 Å². The van der Waals surface area contributed by atoms with Crippen LogP contribution in [0.1, 0.15) is 42.3 Å². The Balaban J connectivity index is 0.00000341. The third-order valence-electron chi connectivity index (χ3n) is 4.54. The maximum atomic E-state index is 12.7. The number of hydrogen-bond donors (Lipinski definition) is 1. The minimum absolute atomic E-state index is 0. The molecule has 3 aromatic rings. The van der Waals surface area contributed by atoms with Gasteiger partial charge >= 0.3 is 0 Å². The van der Waals surface area contributed by atoms with Crippen LogP contribution in [0.15, 0.2) is 66.7 Å². The van der Waals surface area contributed by atoms with Crippen molar-refractivity contribution in [2.75, 3.05) is 6.54 Å². The molecule has 0 saturated heterocycles. The molecule has 164 valence electrons. The molecule has 0 fully saturated rings. The van der Waals surface area contributed by atoms with Crippen molar-refractivity contribution in [3.63, 3.8) is 0 Å². The van der Waals surface area contributed by atoms with Crippen LogP contribution in [0.3, 0.4) is 0 Å². The number of rotatable bonds is 7. The molecule has 5 heteroatoms. The summed E-state index contributed by atoms with van der Waals surface area (Å²) in [4.78, 5) is 12.7. The number of benzene rings is 3. The second-order valence-electron chi connectivity index (χ2n) is 8.52. The zero-order valence-electron chi connectivity index (χ0n) is 18.7. The average molecular weight is 440 g/mol.